The molecular formula is C14H18N2O3. The number of carboxylic acid groups (broad SMARTS) is 1. The van der Waals surface area contributed by atoms with E-state index in [0.717, 1.165) is 5.56 Å². The SMILES string of the molecule is CCC1C(=O)NCCN1c1ccc(C)cc1C(=O)O. The molecule has 5 heteroatoms. The second kappa shape index (κ2) is 5.30. The zero-order valence-corrected chi connectivity index (χ0v) is 11.1. The summed E-state index contributed by atoms with van der Waals surface area (Å²) >= 11 is 0. The van der Waals surface area contributed by atoms with Crippen molar-refractivity contribution in [2.75, 3.05) is 18.0 Å². The maximum absolute atomic E-state index is 11.9. The van der Waals surface area contributed by atoms with Crippen LogP contribution in [-0.2, 0) is 4.79 Å². The van der Waals surface area contributed by atoms with Gasteiger partial charge in [0.15, 0.2) is 0 Å². The number of carbonyl (C=O) groups excluding carboxylic acids is 1. The Balaban J connectivity index is 2.45. The third kappa shape index (κ3) is 2.54. The highest BCUT2D eigenvalue weighted by Crippen LogP contribution is 2.26. The Morgan fingerprint density at radius 1 is 1.53 bits per heavy atom. The summed E-state index contributed by atoms with van der Waals surface area (Å²) in [6, 6.07) is 5.02. The Bertz CT molecular complexity index is 513. The number of rotatable bonds is 3. The molecule has 2 rings (SSSR count). The molecular weight excluding hydrogens is 244 g/mol. The number of nitrogens with zero attached hydrogens (tertiary/aromatic N) is 1. The number of anilines is 1. The summed E-state index contributed by atoms with van der Waals surface area (Å²) in [5.41, 5.74) is 1.78. The number of carbonyl (C=O) groups is 2. The van der Waals surface area contributed by atoms with Crippen molar-refractivity contribution >= 4 is 17.6 Å². The van der Waals surface area contributed by atoms with E-state index in [1.54, 1.807) is 12.1 Å². The summed E-state index contributed by atoms with van der Waals surface area (Å²) in [5.74, 6) is -0.995. The van der Waals surface area contributed by atoms with Crippen molar-refractivity contribution in [1.82, 2.24) is 5.32 Å². The van der Waals surface area contributed by atoms with E-state index in [9.17, 15) is 14.7 Å². The van der Waals surface area contributed by atoms with Crippen LogP contribution in [0, 0.1) is 6.92 Å². The second-order valence-corrected chi connectivity index (χ2v) is 4.73. The second-order valence-electron chi connectivity index (χ2n) is 4.73. The van der Waals surface area contributed by atoms with Gasteiger partial charge in [0.1, 0.15) is 6.04 Å². The average Bonchev–Trinajstić information content (AvgIpc) is 2.38. The molecule has 0 radical (unpaired) electrons. The highest BCUT2D eigenvalue weighted by atomic mass is 16.4. The Labute approximate surface area is 112 Å². The van der Waals surface area contributed by atoms with E-state index in [1.165, 1.54) is 0 Å². The van der Waals surface area contributed by atoms with Crippen molar-refractivity contribution < 1.29 is 14.7 Å². The van der Waals surface area contributed by atoms with E-state index in [2.05, 4.69) is 5.32 Å². The van der Waals surface area contributed by atoms with Crippen LogP contribution in [0.4, 0.5) is 5.69 Å². The predicted molar refractivity (Wildman–Crippen MR) is 72.6 cm³/mol. The minimum Gasteiger partial charge on any atom is -0.478 e. The van der Waals surface area contributed by atoms with Crippen LogP contribution in [0.1, 0.15) is 29.3 Å². The average molecular weight is 262 g/mol. The summed E-state index contributed by atoms with van der Waals surface area (Å²) in [6.45, 7) is 4.96. The Hall–Kier alpha value is -2.04. The lowest BCUT2D eigenvalue weighted by molar-refractivity contribution is -0.123. The zero-order chi connectivity index (χ0) is 14.0. The van der Waals surface area contributed by atoms with Crippen LogP contribution in [0.25, 0.3) is 0 Å². The molecule has 0 saturated carbocycles. The predicted octanol–water partition coefficient (Wildman–Crippen LogP) is 1.41. The fourth-order valence-electron chi connectivity index (χ4n) is 2.48. The van der Waals surface area contributed by atoms with Crippen LogP contribution in [-0.4, -0.2) is 36.1 Å². The number of aromatic carboxylic acids is 1. The number of piperazine rings is 1. The van der Waals surface area contributed by atoms with Crippen LogP contribution in [0.5, 0.6) is 0 Å². The third-order valence-electron chi connectivity index (χ3n) is 3.41. The molecule has 1 heterocycles. The van der Waals surface area contributed by atoms with E-state index in [1.807, 2.05) is 24.8 Å². The molecule has 102 valence electrons. The van der Waals surface area contributed by atoms with Crippen molar-refractivity contribution in [3.8, 4) is 0 Å². The lowest BCUT2D eigenvalue weighted by atomic mass is 10.0. The molecule has 1 aliphatic rings. The number of nitrogens with one attached hydrogen (secondary N) is 1. The molecule has 19 heavy (non-hydrogen) atoms. The maximum Gasteiger partial charge on any atom is 0.337 e. The number of amides is 1. The summed E-state index contributed by atoms with van der Waals surface area (Å²) in [4.78, 5) is 25.1. The van der Waals surface area contributed by atoms with Crippen LogP contribution < -0.4 is 10.2 Å². The third-order valence-corrected chi connectivity index (χ3v) is 3.41. The quantitative estimate of drug-likeness (QED) is 0.864. The number of hydrogen-bond donors (Lipinski definition) is 2. The van der Waals surface area contributed by atoms with E-state index < -0.39 is 5.97 Å². The normalized spacial score (nSPS) is 19.2. The van der Waals surface area contributed by atoms with Crippen LogP contribution in [0.2, 0.25) is 0 Å². The van der Waals surface area contributed by atoms with Gasteiger partial charge in [-0.1, -0.05) is 18.6 Å². The van der Waals surface area contributed by atoms with Gasteiger partial charge >= 0.3 is 5.97 Å². The molecule has 0 bridgehead atoms. The molecule has 1 aromatic carbocycles. The van der Waals surface area contributed by atoms with Gasteiger partial charge in [-0.2, -0.15) is 0 Å². The van der Waals surface area contributed by atoms with Gasteiger partial charge in [-0.15, -0.1) is 0 Å². The standard InChI is InChI=1S/C14H18N2O3/c1-3-11-13(17)15-6-7-16(11)12-5-4-9(2)8-10(12)14(18)19/h4-5,8,11H,3,6-7H2,1-2H3,(H,15,17)(H,18,19). The van der Waals surface area contributed by atoms with Crippen LogP contribution in [0.15, 0.2) is 18.2 Å². The molecule has 1 unspecified atom stereocenters. The highest BCUT2D eigenvalue weighted by Gasteiger charge is 2.30. The molecule has 1 aliphatic heterocycles. The molecule has 0 spiro atoms. The number of aryl methyl sites for hydroxylation is 1. The van der Waals surface area contributed by atoms with Crippen LogP contribution >= 0.6 is 0 Å². The van der Waals surface area contributed by atoms with Gasteiger partial charge in [0, 0.05) is 13.1 Å². The summed E-state index contributed by atoms with van der Waals surface area (Å²) in [7, 11) is 0. The van der Waals surface area contributed by atoms with Crippen LogP contribution in [0.3, 0.4) is 0 Å². The van der Waals surface area contributed by atoms with Gasteiger partial charge in [0.2, 0.25) is 5.91 Å². The van der Waals surface area contributed by atoms with Gasteiger partial charge in [-0.05, 0) is 25.5 Å². The van der Waals surface area contributed by atoms with Gasteiger partial charge < -0.3 is 15.3 Å². The Morgan fingerprint density at radius 2 is 2.26 bits per heavy atom. The minimum absolute atomic E-state index is 0.0364. The number of carboxylic acids is 1. The van der Waals surface area contributed by atoms with Crippen molar-refractivity contribution in [1.29, 1.82) is 0 Å². The molecule has 0 aliphatic carbocycles. The van der Waals surface area contributed by atoms with Crippen molar-refractivity contribution in [2.24, 2.45) is 0 Å². The summed E-state index contributed by atoms with van der Waals surface area (Å²) in [5, 5.41) is 12.1. The molecule has 1 atom stereocenters. The Morgan fingerprint density at radius 3 is 2.89 bits per heavy atom. The molecule has 1 aromatic rings. The Kier molecular flexibility index (Phi) is 3.74. The van der Waals surface area contributed by atoms with Gasteiger partial charge in [0.25, 0.3) is 0 Å². The van der Waals surface area contributed by atoms with Crippen molar-refractivity contribution in [3.63, 3.8) is 0 Å². The maximum atomic E-state index is 11.9. The lowest BCUT2D eigenvalue weighted by Crippen LogP contribution is -2.55. The topological polar surface area (TPSA) is 69.6 Å². The monoisotopic (exact) mass is 262 g/mol. The largest absolute Gasteiger partial charge is 0.478 e. The number of hydrogen-bond acceptors (Lipinski definition) is 3. The first-order valence-corrected chi connectivity index (χ1v) is 6.43. The lowest BCUT2D eigenvalue weighted by Gasteiger charge is -2.37. The molecule has 1 saturated heterocycles. The summed E-state index contributed by atoms with van der Waals surface area (Å²) < 4.78 is 0. The van der Waals surface area contributed by atoms with Gasteiger partial charge in [-0.25, -0.2) is 4.79 Å². The van der Waals surface area contributed by atoms with Gasteiger partial charge in [0.05, 0.1) is 11.3 Å². The first kappa shape index (κ1) is 13.4. The van der Waals surface area contributed by atoms with E-state index in [-0.39, 0.29) is 17.5 Å². The smallest absolute Gasteiger partial charge is 0.337 e. The molecule has 5 nitrogen and oxygen atoms in total. The molecule has 1 amide bonds. The molecule has 0 aromatic heterocycles. The molecule has 2 N–H and O–H groups in total. The van der Waals surface area contributed by atoms with Crippen molar-refractivity contribution in [2.45, 2.75) is 26.3 Å². The van der Waals surface area contributed by atoms with E-state index >= 15 is 0 Å². The highest BCUT2D eigenvalue weighted by molar-refractivity contribution is 5.96. The fourth-order valence-corrected chi connectivity index (χ4v) is 2.48. The first-order valence-electron chi connectivity index (χ1n) is 6.43. The first-order chi connectivity index (χ1) is 9.04. The minimum atomic E-state index is -0.959. The van der Waals surface area contributed by atoms with Gasteiger partial charge in [-0.3, -0.25) is 4.79 Å². The van der Waals surface area contributed by atoms with Crippen molar-refractivity contribution in [3.05, 3.63) is 29.3 Å². The fraction of sp³-hybridized carbons (Fsp3) is 0.429. The molecule has 1 fully saturated rings. The van der Waals surface area contributed by atoms with E-state index in [0.29, 0.717) is 25.2 Å². The zero-order valence-electron chi connectivity index (χ0n) is 11.1. The number of benzene rings is 1. The summed E-state index contributed by atoms with van der Waals surface area (Å²) in [6.07, 6.45) is 0.652. The van der Waals surface area contributed by atoms with E-state index in [4.69, 9.17) is 0 Å².